The fraction of sp³-hybridized carbons (Fsp3) is 0.300. The molecule has 0 amide bonds. The molecule has 0 bridgehead atoms. The molecular formula is C10H10F3NO2. The van der Waals surface area contributed by atoms with E-state index in [1.165, 1.54) is 7.11 Å². The van der Waals surface area contributed by atoms with Crippen molar-refractivity contribution in [3.05, 3.63) is 29.3 Å². The SMILES string of the molecule is COCC(=O)c1cc(C(F)(F)F)ccc1N. The molecule has 0 aliphatic rings. The van der Waals surface area contributed by atoms with Crippen molar-refractivity contribution in [2.45, 2.75) is 6.18 Å². The van der Waals surface area contributed by atoms with Crippen molar-refractivity contribution in [2.75, 3.05) is 19.5 Å². The van der Waals surface area contributed by atoms with Crippen molar-refractivity contribution in [2.24, 2.45) is 0 Å². The van der Waals surface area contributed by atoms with Crippen molar-refractivity contribution < 1.29 is 22.7 Å². The number of nitrogen functional groups attached to an aromatic ring is 1. The molecule has 0 heterocycles. The van der Waals surface area contributed by atoms with Crippen molar-refractivity contribution in [1.29, 1.82) is 0 Å². The van der Waals surface area contributed by atoms with Gasteiger partial charge in [-0.05, 0) is 18.2 Å². The van der Waals surface area contributed by atoms with Gasteiger partial charge in [-0.3, -0.25) is 4.79 Å². The molecule has 0 aliphatic heterocycles. The van der Waals surface area contributed by atoms with Crippen LogP contribution in [0, 0.1) is 0 Å². The Balaban J connectivity index is 3.14. The van der Waals surface area contributed by atoms with E-state index in [0.29, 0.717) is 0 Å². The molecule has 1 rings (SSSR count). The zero-order valence-corrected chi connectivity index (χ0v) is 8.47. The molecule has 0 radical (unpaired) electrons. The average molecular weight is 233 g/mol. The molecule has 0 spiro atoms. The lowest BCUT2D eigenvalue weighted by Crippen LogP contribution is -2.13. The predicted molar refractivity (Wildman–Crippen MR) is 52.1 cm³/mol. The first-order valence-electron chi connectivity index (χ1n) is 4.35. The van der Waals surface area contributed by atoms with Crippen LogP contribution < -0.4 is 5.73 Å². The van der Waals surface area contributed by atoms with Crippen LogP contribution in [-0.4, -0.2) is 19.5 Å². The second kappa shape index (κ2) is 4.52. The Morgan fingerprint density at radius 3 is 2.56 bits per heavy atom. The number of rotatable bonds is 3. The van der Waals surface area contributed by atoms with Gasteiger partial charge in [0.15, 0.2) is 5.78 Å². The van der Waals surface area contributed by atoms with Gasteiger partial charge in [0, 0.05) is 18.4 Å². The third-order valence-corrected chi connectivity index (χ3v) is 1.96. The van der Waals surface area contributed by atoms with E-state index in [1.807, 2.05) is 0 Å². The van der Waals surface area contributed by atoms with Crippen LogP contribution in [0.25, 0.3) is 0 Å². The molecule has 6 heteroatoms. The molecular weight excluding hydrogens is 223 g/mol. The number of carbonyl (C=O) groups is 1. The third kappa shape index (κ3) is 2.73. The summed E-state index contributed by atoms with van der Waals surface area (Å²) in [6.07, 6.45) is -4.49. The van der Waals surface area contributed by atoms with Gasteiger partial charge in [0.2, 0.25) is 0 Å². The summed E-state index contributed by atoms with van der Waals surface area (Å²) in [5.41, 5.74) is 4.36. The highest BCUT2D eigenvalue weighted by Gasteiger charge is 2.31. The van der Waals surface area contributed by atoms with Gasteiger partial charge < -0.3 is 10.5 Å². The molecule has 0 unspecified atom stereocenters. The van der Waals surface area contributed by atoms with Gasteiger partial charge in [0.05, 0.1) is 5.56 Å². The van der Waals surface area contributed by atoms with Gasteiger partial charge in [-0.1, -0.05) is 0 Å². The van der Waals surface area contributed by atoms with Crippen LogP contribution in [0.15, 0.2) is 18.2 Å². The monoisotopic (exact) mass is 233 g/mol. The van der Waals surface area contributed by atoms with Gasteiger partial charge in [0.1, 0.15) is 6.61 Å². The number of nitrogens with two attached hydrogens (primary N) is 1. The number of benzene rings is 1. The number of hydrogen-bond donors (Lipinski definition) is 1. The maximum Gasteiger partial charge on any atom is 0.416 e. The number of hydrogen-bond acceptors (Lipinski definition) is 3. The number of ether oxygens (including phenoxy) is 1. The third-order valence-electron chi connectivity index (χ3n) is 1.96. The highest BCUT2D eigenvalue weighted by molar-refractivity contribution is 6.01. The lowest BCUT2D eigenvalue weighted by molar-refractivity contribution is -0.137. The highest BCUT2D eigenvalue weighted by atomic mass is 19.4. The van der Waals surface area contributed by atoms with Crippen LogP contribution in [0.1, 0.15) is 15.9 Å². The Morgan fingerprint density at radius 2 is 2.06 bits per heavy atom. The fourth-order valence-electron chi connectivity index (χ4n) is 1.18. The summed E-state index contributed by atoms with van der Waals surface area (Å²) >= 11 is 0. The zero-order valence-electron chi connectivity index (χ0n) is 8.47. The molecule has 16 heavy (non-hydrogen) atoms. The molecule has 2 N–H and O–H groups in total. The molecule has 0 saturated heterocycles. The standard InChI is InChI=1S/C10H10F3NO2/c1-16-5-9(15)7-4-6(10(11,12)13)2-3-8(7)14/h2-4H,5,14H2,1H3. The van der Waals surface area contributed by atoms with Crippen molar-refractivity contribution >= 4 is 11.5 Å². The zero-order chi connectivity index (χ0) is 12.3. The maximum absolute atomic E-state index is 12.4. The molecule has 88 valence electrons. The minimum absolute atomic E-state index is 0.00931. The van der Waals surface area contributed by atoms with Crippen molar-refractivity contribution in [1.82, 2.24) is 0 Å². The Labute approximate surface area is 90.0 Å². The first-order chi connectivity index (χ1) is 7.36. The van der Waals surface area contributed by atoms with Gasteiger partial charge in [0.25, 0.3) is 0 Å². The summed E-state index contributed by atoms with van der Waals surface area (Å²) in [5.74, 6) is -0.578. The van der Waals surface area contributed by atoms with E-state index in [2.05, 4.69) is 4.74 Å². The van der Waals surface area contributed by atoms with Crippen LogP contribution in [-0.2, 0) is 10.9 Å². The molecule has 1 aromatic carbocycles. The Morgan fingerprint density at radius 1 is 1.44 bits per heavy atom. The van der Waals surface area contributed by atoms with E-state index in [1.54, 1.807) is 0 Å². The Hall–Kier alpha value is -1.56. The van der Waals surface area contributed by atoms with Crippen LogP contribution >= 0.6 is 0 Å². The number of alkyl halides is 3. The van der Waals surface area contributed by atoms with Gasteiger partial charge in [-0.15, -0.1) is 0 Å². The quantitative estimate of drug-likeness (QED) is 0.642. The summed E-state index contributed by atoms with van der Waals surface area (Å²) in [5, 5.41) is 0. The van der Waals surface area contributed by atoms with Crippen LogP contribution in [0.3, 0.4) is 0 Å². The van der Waals surface area contributed by atoms with E-state index in [-0.39, 0.29) is 17.9 Å². The molecule has 0 saturated carbocycles. The van der Waals surface area contributed by atoms with Crippen LogP contribution in [0.2, 0.25) is 0 Å². The second-order valence-corrected chi connectivity index (χ2v) is 3.16. The van der Waals surface area contributed by atoms with Crippen molar-refractivity contribution in [3.8, 4) is 0 Å². The lowest BCUT2D eigenvalue weighted by Gasteiger charge is -2.10. The topological polar surface area (TPSA) is 52.3 Å². The van der Waals surface area contributed by atoms with E-state index < -0.39 is 17.5 Å². The molecule has 0 aromatic heterocycles. The number of methoxy groups -OCH3 is 1. The first kappa shape index (κ1) is 12.5. The number of anilines is 1. The summed E-state index contributed by atoms with van der Waals surface area (Å²) < 4.78 is 41.6. The van der Waals surface area contributed by atoms with Gasteiger partial charge in [-0.2, -0.15) is 13.2 Å². The molecule has 0 fully saturated rings. The van der Waals surface area contributed by atoms with E-state index in [0.717, 1.165) is 18.2 Å². The first-order valence-corrected chi connectivity index (χ1v) is 4.35. The normalized spacial score (nSPS) is 11.5. The largest absolute Gasteiger partial charge is 0.416 e. The highest BCUT2D eigenvalue weighted by Crippen LogP contribution is 2.31. The molecule has 3 nitrogen and oxygen atoms in total. The van der Waals surface area contributed by atoms with Crippen LogP contribution in [0.5, 0.6) is 0 Å². The minimum Gasteiger partial charge on any atom is -0.398 e. The summed E-state index contributed by atoms with van der Waals surface area (Å²) in [4.78, 5) is 11.4. The summed E-state index contributed by atoms with van der Waals surface area (Å²) in [6.45, 7) is -0.300. The van der Waals surface area contributed by atoms with Gasteiger partial charge in [-0.25, -0.2) is 0 Å². The second-order valence-electron chi connectivity index (χ2n) is 3.16. The van der Waals surface area contributed by atoms with Gasteiger partial charge >= 0.3 is 6.18 Å². The Bertz CT molecular complexity index is 402. The lowest BCUT2D eigenvalue weighted by atomic mass is 10.1. The number of Topliss-reactive ketones (excluding diaryl/α,β-unsaturated/α-hetero) is 1. The van der Waals surface area contributed by atoms with Crippen molar-refractivity contribution in [3.63, 3.8) is 0 Å². The number of carbonyl (C=O) groups excluding carboxylic acids is 1. The molecule has 1 aromatic rings. The van der Waals surface area contributed by atoms with Crippen LogP contribution in [0.4, 0.5) is 18.9 Å². The minimum atomic E-state index is -4.49. The molecule has 0 atom stereocenters. The maximum atomic E-state index is 12.4. The summed E-state index contributed by atoms with van der Waals surface area (Å²) in [7, 11) is 1.28. The van der Waals surface area contributed by atoms with E-state index >= 15 is 0 Å². The van der Waals surface area contributed by atoms with E-state index in [4.69, 9.17) is 5.73 Å². The average Bonchev–Trinajstić information content (AvgIpc) is 2.16. The predicted octanol–water partition coefficient (Wildman–Crippen LogP) is 2.12. The number of halogens is 3. The van der Waals surface area contributed by atoms with E-state index in [9.17, 15) is 18.0 Å². The Kier molecular flexibility index (Phi) is 3.54. The molecule has 0 aliphatic carbocycles. The smallest absolute Gasteiger partial charge is 0.398 e. The summed E-state index contributed by atoms with van der Waals surface area (Å²) in [6, 6.07) is 2.63. The fourth-order valence-corrected chi connectivity index (χ4v) is 1.18. The number of ketones is 1.